The Balaban J connectivity index is 2.15. The van der Waals surface area contributed by atoms with Gasteiger partial charge in [0.05, 0.1) is 11.6 Å². The van der Waals surface area contributed by atoms with Crippen molar-refractivity contribution < 1.29 is 9.18 Å². The number of halogens is 3. The zero-order valence-corrected chi connectivity index (χ0v) is 12.2. The van der Waals surface area contributed by atoms with Gasteiger partial charge in [-0.3, -0.25) is 4.79 Å². The normalized spacial score (nSPS) is 12.0. The summed E-state index contributed by atoms with van der Waals surface area (Å²) in [4.78, 5) is 12.0. The third-order valence-electron chi connectivity index (χ3n) is 2.87. The summed E-state index contributed by atoms with van der Waals surface area (Å²) < 4.78 is 13.7. The standard InChI is InChI=1S/C15H12Cl2FNO/c1-9(10-3-2-4-11(16)7-10)19-15(20)13-6-5-12(17)8-14(13)18/h2-9H,1H3,(H,19,20). The van der Waals surface area contributed by atoms with Gasteiger partial charge in [-0.1, -0.05) is 35.3 Å². The minimum atomic E-state index is -0.645. The molecule has 0 aliphatic carbocycles. The monoisotopic (exact) mass is 311 g/mol. The zero-order valence-electron chi connectivity index (χ0n) is 10.7. The number of hydrogen-bond acceptors (Lipinski definition) is 1. The molecule has 0 fully saturated rings. The maximum atomic E-state index is 13.7. The predicted molar refractivity (Wildman–Crippen MR) is 78.7 cm³/mol. The second kappa shape index (κ2) is 6.25. The Hall–Kier alpha value is -1.58. The molecule has 0 saturated heterocycles. The van der Waals surface area contributed by atoms with E-state index < -0.39 is 11.7 Å². The van der Waals surface area contributed by atoms with E-state index in [1.54, 1.807) is 25.1 Å². The van der Waals surface area contributed by atoms with Crippen molar-refractivity contribution in [3.05, 3.63) is 69.5 Å². The average molecular weight is 312 g/mol. The number of nitrogens with one attached hydrogen (secondary N) is 1. The molecule has 0 heterocycles. The summed E-state index contributed by atoms with van der Waals surface area (Å²) in [5, 5.41) is 3.56. The Labute approximate surface area is 126 Å². The van der Waals surface area contributed by atoms with Crippen molar-refractivity contribution in [3.8, 4) is 0 Å². The Morgan fingerprint density at radius 3 is 2.50 bits per heavy atom. The quantitative estimate of drug-likeness (QED) is 0.880. The van der Waals surface area contributed by atoms with E-state index >= 15 is 0 Å². The molecule has 1 amide bonds. The van der Waals surface area contributed by atoms with Gasteiger partial charge in [-0.2, -0.15) is 0 Å². The molecule has 2 aromatic rings. The molecule has 104 valence electrons. The van der Waals surface area contributed by atoms with E-state index in [1.165, 1.54) is 12.1 Å². The number of rotatable bonds is 3. The van der Waals surface area contributed by atoms with Crippen molar-refractivity contribution in [2.24, 2.45) is 0 Å². The van der Waals surface area contributed by atoms with Crippen LogP contribution < -0.4 is 5.32 Å². The zero-order chi connectivity index (χ0) is 14.7. The van der Waals surface area contributed by atoms with Gasteiger partial charge >= 0.3 is 0 Å². The maximum Gasteiger partial charge on any atom is 0.254 e. The first-order valence-corrected chi connectivity index (χ1v) is 6.74. The molecular weight excluding hydrogens is 300 g/mol. The molecule has 20 heavy (non-hydrogen) atoms. The minimum Gasteiger partial charge on any atom is -0.345 e. The van der Waals surface area contributed by atoms with Crippen LogP contribution in [0.1, 0.15) is 28.9 Å². The van der Waals surface area contributed by atoms with Crippen molar-refractivity contribution in [1.29, 1.82) is 0 Å². The summed E-state index contributed by atoms with van der Waals surface area (Å²) >= 11 is 11.6. The van der Waals surface area contributed by atoms with E-state index in [9.17, 15) is 9.18 Å². The lowest BCUT2D eigenvalue weighted by atomic mass is 10.1. The highest BCUT2D eigenvalue weighted by atomic mass is 35.5. The van der Waals surface area contributed by atoms with Crippen LogP contribution in [0.25, 0.3) is 0 Å². The Bertz CT molecular complexity index is 646. The van der Waals surface area contributed by atoms with Gasteiger partial charge in [0.15, 0.2) is 0 Å². The van der Waals surface area contributed by atoms with Gasteiger partial charge in [0.1, 0.15) is 5.82 Å². The highest BCUT2D eigenvalue weighted by Crippen LogP contribution is 2.19. The van der Waals surface area contributed by atoms with E-state index in [0.29, 0.717) is 5.02 Å². The van der Waals surface area contributed by atoms with E-state index in [-0.39, 0.29) is 16.6 Å². The van der Waals surface area contributed by atoms with Crippen LogP contribution in [-0.2, 0) is 0 Å². The van der Waals surface area contributed by atoms with Gasteiger partial charge in [0.25, 0.3) is 5.91 Å². The van der Waals surface area contributed by atoms with Gasteiger partial charge in [-0.05, 0) is 42.8 Å². The predicted octanol–water partition coefficient (Wildman–Crippen LogP) is 4.62. The Morgan fingerprint density at radius 1 is 1.15 bits per heavy atom. The largest absolute Gasteiger partial charge is 0.345 e. The molecule has 2 aromatic carbocycles. The number of benzene rings is 2. The maximum absolute atomic E-state index is 13.7. The molecule has 2 nitrogen and oxygen atoms in total. The summed E-state index contributed by atoms with van der Waals surface area (Å²) in [6, 6.07) is 10.8. The van der Waals surface area contributed by atoms with Crippen LogP contribution in [-0.4, -0.2) is 5.91 Å². The van der Waals surface area contributed by atoms with Crippen LogP contribution in [0, 0.1) is 5.82 Å². The molecule has 5 heteroatoms. The number of carbonyl (C=O) groups excluding carboxylic acids is 1. The van der Waals surface area contributed by atoms with E-state index in [0.717, 1.165) is 11.6 Å². The molecule has 0 aromatic heterocycles. The fraction of sp³-hybridized carbons (Fsp3) is 0.133. The van der Waals surface area contributed by atoms with Crippen LogP contribution >= 0.6 is 23.2 Å². The molecule has 1 N–H and O–H groups in total. The van der Waals surface area contributed by atoms with Crippen molar-refractivity contribution in [1.82, 2.24) is 5.32 Å². The first-order valence-electron chi connectivity index (χ1n) is 5.99. The van der Waals surface area contributed by atoms with Crippen molar-refractivity contribution >= 4 is 29.1 Å². The number of carbonyl (C=O) groups is 1. The summed E-state index contributed by atoms with van der Waals surface area (Å²) in [5.41, 5.74) is 0.809. The van der Waals surface area contributed by atoms with Gasteiger partial charge in [0.2, 0.25) is 0 Å². The Morgan fingerprint density at radius 2 is 1.85 bits per heavy atom. The molecule has 2 rings (SSSR count). The molecule has 0 radical (unpaired) electrons. The van der Waals surface area contributed by atoms with E-state index in [4.69, 9.17) is 23.2 Å². The van der Waals surface area contributed by atoms with Gasteiger partial charge in [-0.25, -0.2) is 4.39 Å². The molecule has 1 unspecified atom stereocenters. The van der Waals surface area contributed by atoms with E-state index in [2.05, 4.69) is 5.32 Å². The lowest BCUT2D eigenvalue weighted by Gasteiger charge is -2.15. The Kier molecular flexibility index (Phi) is 4.63. The van der Waals surface area contributed by atoms with Crippen molar-refractivity contribution in [3.63, 3.8) is 0 Å². The van der Waals surface area contributed by atoms with Crippen molar-refractivity contribution in [2.45, 2.75) is 13.0 Å². The highest BCUT2D eigenvalue weighted by molar-refractivity contribution is 6.31. The second-order valence-electron chi connectivity index (χ2n) is 4.37. The van der Waals surface area contributed by atoms with Crippen molar-refractivity contribution in [2.75, 3.05) is 0 Å². The van der Waals surface area contributed by atoms with Gasteiger partial charge in [0, 0.05) is 10.0 Å². The lowest BCUT2D eigenvalue weighted by molar-refractivity contribution is 0.0936. The van der Waals surface area contributed by atoms with Crippen LogP contribution in [0.2, 0.25) is 10.0 Å². The number of amides is 1. The third-order valence-corrected chi connectivity index (χ3v) is 3.34. The van der Waals surface area contributed by atoms with E-state index in [1.807, 2.05) is 6.07 Å². The van der Waals surface area contributed by atoms with Crippen LogP contribution in [0.3, 0.4) is 0 Å². The SMILES string of the molecule is CC(NC(=O)c1ccc(Cl)cc1F)c1cccc(Cl)c1. The fourth-order valence-electron chi connectivity index (χ4n) is 1.81. The number of hydrogen-bond donors (Lipinski definition) is 1. The van der Waals surface area contributed by atoms with Crippen LogP contribution in [0.15, 0.2) is 42.5 Å². The molecule has 0 saturated carbocycles. The molecule has 0 spiro atoms. The first-order chi connectivity index (χ1) is 9.47. The molecular formula is C15H12Cl2FNO. The summed E-state index contributed by atoms with van der Waals surface area (Å²) in [6.07, 6.45) is 0. The molecule has 0 aliphatic heterocycles. The van der Waals surface area contributed by atoms with Crippen LogP contribution in [0.5, 0.6) is 0 Å². The topological polar surface area (TPSA) is 29.1 Å². The van der Waals surface area contributed by atoms with Gasteiger partial charge < -0.3 is 5.32 Å². The molecule has 0 aliphatic rings. The smallest absolute Gasteiger partial charge is 0.254 e. The fourth-order valence-corrected chi connectivity index (χ4v) is 2.16. The molecule has 1 atom stereocenters. The average Bonchev–Trinajstić information content (AvgIpc) is 2.38. The summed E-state index contributed by atoms with van der Waals surface area (Å²) in [7, 11) is 0. The second-order valence-corrected chi connectivity index (χ2v) is 5.25. The third kappa shape index (κ3) is 3.50. The summed E-state index contributed by atoms with van der Waals surface area (Å²) in [5.74, 6) is -1.14. The highest BCUT2D eigenvalue weighted by Gasteiger charge is 2.15. The summed E-state index contributed by atoms with van der Waals surface area (Å²) in [6.45, 7) is 1.80. The van der Waals surface area contributed by atoms with Crippen LogP contribution in [0.4, 0.5) is 4.39 Å². The van der Waals surface area contributed by atoms with Gasteiger partial charge in [-0.15, -0.1) is 0 Å². The first kappa shape index (κ1) is 14.8. The minimum absolute atomic E-state index is 0.0386. The lowest BCUT2D eigenvalue weighted by Crippen LogP contribution is -2.27. The molecule has 0 bridgehead atoms.